The molecule has 0 fully saturated rings. The maximum Gasteiger partial charge on any atom is 0.244 e. The molecule has 0 aliphatic rings. The normalized spacial score (nSPS) is 13.1. The quantitative estimate of drug-likeness (QED) is 0.847. The zero-order valence-corrected chi connectivity index (χ0v) is 13.5. The molecule has 1 unspecified atom stereocenters. The van der Waals surface area contributed by atoms with Crippen molar-refractivity contribution in [3.05, 3.63) is 47.4 Å². The zero-order chi connectivity index (χ0) is 16.3. The third-order valence-corrected chi connectivity index (χ3v) is 4.91. The van der Waals surface area contributed by atoms with E-state index >= 15 is 0 Å². The van der Waals surface area contributed by atoms with E-state index in [1.807, 2.05) is 13.8 Å². The minimum Gasteiger partial charge on any atom is -0.495 e. The number of furan rings is 1. The van der Waals surface area contributed by atoms with Gasteiger partial charge >= 0.3 is 0 Å². The molecule has 0 radical (unpaired) electrons. The van der Waals surface area contributed by atoms with Crippen molar-refractivity contribution < 1.29 is 22.7 Å². The summed E-state index contributed by atoms with van der Waals surface area (Å²) in [5.74, 6) is 0.272. The maximum absolute atomic E-state index is 12.4. The summed E-state index contributed by atoms with van der Waals surface area (Å²) in [6.07, 6.45) is 1.81. The Morgan fingerprint density at radius 1 is 1.32 bits per heavy atom. The van der Waals surface area contributed by atoms with Crippen molar-refractivity contribution in [1.82, 2.24) is 4.72 Å². The maximum atomic E-state index is 12.4. The molecule has 1 aromatic heterocycles. The molecule has 0 aliphatic heterocycles. The minimum absolute atomic E-state index is 0.0532. The van der Waals surface area contributed by atoms with Crippen LogP contribution in [0.3, 0.4) is 0 Å². The Morgan fingerprint density at radius 2 is 2.00 bits per heavy atom. The highest BCUT2D eigenvalue weighted by Gasteiger charge is 2.22. The number of hydrogen-bond donors (Lipinski definition) is 2. The van der Waals surface area contributed by atoms with Gasteiger partial charge in [0.25, 0.3) is 0 Å². The summed E-state index contributed by atoms with van der Waals surface area (Å²) in [6.45, 7) is 3.55. The SMILES string of the molecule is COc1cc(C)c(C)cc1S(=O)(=O)NCC(O)c1ccoc1. The molecule has 22 heavy (non-hydrogen) atoms. The molecule has 120 valence electrons. The summed E-state index contributed by atoms with van der Waals surface area (Å²) in [5.41, 5.74) is 2.29. The third kappa shape index (κ3) is 3.49. The van der Waals surface area contributed by atoms with Gasteiger partial charge in [-0.3, -0.25) is 0 Å². The predicted octanol–water partition coefficient (Wildman–Crippen LogP) is 1.92. The van der Waals surface area contributed by atoms with Gasteiger partial charge in [-0.25, -0.2) is 13.1 Å². The molecular formula is C15H19NO5S. The van der Waals surface area contributed by atoms with Gasteiger partial charge in [0.05, 0.1) is 25.7 Å². The average molecular weight is 325 g/mol. The van der Waals surface area contributed by atoms with Crippen molar-refractivity contribution in [2.75, 3.05) is 13.7 Å². The monoisotopic (exact) mass is 325 g/mol. The Bertz CT molecular complexity index is 738. The Kier molecular flexibility index (Phi) is 4.90. The number of aryl methyl sites for hydroxylation is 2. The Balaban J connectivity index is 2.22. The van der Waals surface area contributed by atoms with E-state index in [1.54, 1.807) is 18.2 Å². The van der Waals surface area contributed by atoms with Crippen molar-refractivity contribution in [2.24, 2.45) is 0 Å². The van der Waals surface area contributed by atoms with Crippen LogP contribution in [-0.4, -0.2) is 27.2 Å². The molecule has 1 aromatic carbocycles. The van der Waals surface area contributed by atoms with Crippen LogP contribution in [0.4, 0.5) is 0 Å². The number of hydrogen-bond acceptors (Lipinski definition) is 5. The highest BCUT2D eigenvalue weighted by atomic mass is 32.2. The standard InChI is InChI=1S/C15H19NO5S/c1-10-6-14(20-3)15(7-11(10)2)22(18,19)16-8-13(17)12-4-5-21-9-12/h4-7,9,13,16-17H,8H2,1-3H3. The van der Waals surface area contributed by atoms with Crippen LogP contribution < -0.4 is 9.46 Å². The number of ether oxygens (including phenoxy) is 1. The zero-order valence-electron chi connectivity index (χ0n) is 12.7. The molecule has 0 saturated carbocycles. The number of aliphatic hydroxyl groups excluding tert-OH is 1. The lowest BCUT2D eigenvalue weighted by Gasteiger charge is -2.14. The number of benzene rings is 1. The van der Waals surface area contributed by atoms with Crippen LogP contribution in [-0.2, 0) is 10.0 Å². The molecule has 0 spiro atoms. The van der Waals surface area contributed by atoms with Crippen LogP contribution in [0.25, 0.3) is 0 Å². The van der Waals surface area contributed by atoms with Gasteiger partial charge < -0.3 is 14.3 Å². The number of aliphatic hydroxyl groups is 1. The fourth-order valence-electron chi connectivity index (χ4n) is 1.98. The Hall–Kier alpha value is -1.83. The van der Waals surface area contributed by atoms with Gasteiger partial charge in [0, 0.05) is 12.1 Å². The molecule has 0 bridgehead atoms. The summed E-state index contributed by atoms with van der Waals surface area (Å²) < 4.78 is 37.2. The van der Waals surface area contributed by atoms with E-state index in [2.05, 4.69) is 4.72 Å². The molecule has 0 amide bonds. The second-order valence-electron chi connectivity index (χ2n) is 5.01. The first-order valence-electron chi connectivity index (χ1n) is 6.70. The van der Waals surface area contributed by atoms with Crippen molar-refractivity contribution in [2.45, 2.75) is 24.8 Å². The molecule has 7 heteroatoms. The van der Waals surface area contributed by atoms with E-state index in [-0.39, 0.29) is 17.2 Å². The summed E-state index contributed by atoms with van der Waals surface area (Å²) in [5, 5.41) is 9.93. The van der Waals surface area contributed by atoms with E-state index in [9.17, 15) is 13.5 Å². The first-order chi connectivity index (χ1) is 10.3. The number of methoxy groups -OCH3 is 1. The number of rotatable bonds is 6. The van der Waals surface area contributed by atoms with Gasteiger partial charge in [0.15, 0.2) is 0 Å². The van der Waals surface area contributed by atoms with Crippen LogP contribution >= 0.6 is 0 Å². The smallest absolute Gasteiger partial charge is 0.244 e. The highest BCUT2D eigenvalue weighted by Crippen LogP contribution is 2.27. The molecule has 2 rings (SSSR count). The van der Waals surface area contributed by atoms with Gasteiger partial charge in [0.1, 0.15) is 10.6 Å². The number of sulfonamides is 1. The van der Waals surface area contributed by atoms with Crippen LogP contribution in [0, 0.1) is 13.8 Å². The summed E-state index contributed by atoms with van der Waals surface area (Å²) >= 11 is 0. The minimum atomic E-state index is -3.79. The molecule has 1 atom stereocenters. The van der Waals surface area contributed by atoms with Crippen LogP contribution in [0.5, 0.6) is 5.75 Å². The van der Waals surface area contributed by atoms with Crippen LogP contribution in [0.15, 0.2) is 40.0 Å². The van der Waals surface area contributed by atoms with E-state index < -0.39 is 16.1 Å². The topological polar surface area (TPSA) is 88.8 Å². The van der Waals surface area contributed by atoms with E-state index in [4.69, 9.17) is 9.15 Å². The van der Waals surface area contributed by atoms with Crippen LogP contribution in [0.2, 0.25) is 0 Å². The van der Waals surface area contributed by atoms with Gasteiger partial charge in [-0.05, 0) is 43.2 Å². The first-order valence-corrected chi connectivity index (χ1v) is 8.18. The lowest BCUT2D eigenvalue weighted by molar-refractivity contribution is 0.181. The second-order valence-corrected chi connectivity index (χ2v) is 6.75. The largest absolute Gasteiger partial charge is 0.495 e. The second kappa shape index (κ2) is 6.51. The lowest BCUT2D eigenvalue weighted by Crippen LogP contribution is -2.28. The molecule has 1 heterocycles. The predicted molar refractivity (Wildman–Crippen MR) is 81.3 cm³/mol. The summed E-state index contributed by atoms with van der Waals surface area (Å²) in [6, 6.07) is 4.81. The molecule has 0 aliphatic carbocycles. The third-order valence-electron chi connectivity index (χ3n) is 3.46. The van der Waals surface area contributed by atoms with Crippen molar-refractivity contribution in [1.29, 1.82) is 0 Å². The van der Waals surface area contributed by atoms with E-state index in [1.165, 1.54) is 19.6 Å². The lowest BCUT2D eigenvalue weighted by atomic mass is 10.1. The van der Waals surface area contributed by atoms with Gasteiger partial charge in [-0.15, -0.1) is 0 Å². The Labute approximate surface area is 129 Å². The van der Waals surface area contributed by atoms with E-state index in [0.717, 1.165) is 11.1 Å². The van der Waals surface area contributed by atoms with Crippen molar-refractivity contribution >= 4 is 10.0 Å². The highest BCUT2D eigenvalue weighted by molar-refractivity contribution is 7.89. The first kappa shape index (κ1) is 16.5. The van der Waals surface area contributed by atoms with Crippen molar-refractivity contribution in [3.63, 3.8) is 0 Å². The molecule has 6 nitrogen and oxygen atoms in total. The molecule has 0 saturated heterocycles. The average Bonchev–Trinajstić information content (AvgIpc) is 3.01. The molecular weight excluding hydrogens is 306 g/mol. The molecule has 2 N–H and O–H groups in total. The summed E-state index contributed by atoms with van der Waals surface area (Å²) in [7, 11) is -2.37. The number of nitrogens with one attached hydrogen (secondary N) is 1. The van der Waals surface area contributed by atoms with Gasteiger partial charge in [-0.2, -0.15) is 0 Å². The van der Waals surface area contributed by atoms with Crippen LogP contribution in [0.1, 0.15) is 22.8 Å². The fourth-order valence-corrected chi connectivity index (χ4v) is 3.25. The van der Waals surface area contributed by atoms with Gasteiger partial charge in [-0.1, -0.05) is 0 Å². The summed E-state index contributed by atoms with van der Waals surface area (Å²) in [4.78, 5) is 0.0532. The molecule has 2 aromatic rings. The van der Waals surface area contributed by atoms with Crippen molar-refractivity contribution in [3.8, 4) is 5.75 Å². The van der Waals surface area contributed by atoms with Gasteiger partial charge in [0.2, 0.25) is 10.0 Å². The Morgan fingerprint density at radius 3 is 2.59 bits per heavy atom. The fraction of sp³-hybridized carbons (Fsp3) is 0.333. The van der Waals surface area contributed by atoms with E-state index in [0.29, 0.717) is 5.56 Å².